The first-order valence-electron chi connectivity index (χ1n) is 8.71. The molecule has 0 aliphatic heterocycles. The van der Waals surface area contributed by atoms with Crippen LogP contribution in [-0.4, -0.2) is 6.61 Å². The molecule has 2 aromatic rings. The van der Waals surface area contributed by atoms with Crippen LogP contribution >= 0.6 is 0 Å². The number of hydrogen-bond acceptors (Lipinski definition) is 2. The van der Waals surface area contributed by atoms with Crippen LogP contribution in [0.25, 0.3) is 0 Å². The minimum atomic E-state index is 0.538. The van der Waals surface area contributed by atoms with Crippen LogP contribution in [0, 0.1) is 5.92 Å². The largest absolute Gasteiger partial charge is 0.493 e. The predicted octanol–water partition coefficient (Wildman–Crippen LogP) is 6.17. The van der Waals surface area contributed by atoms with Crippen molar-refractivity contribution in [2.24, 2.45) is 5.92 Å². The van der Waals surface area contributed by atoms with Gasteiger partial charge in [-0.15, -0.1) is 0 Å². The van der Waals surface area contributed by atoms with Gasteiger partial charge in [-0.2, -0.15) is 0 Å². The van der Waals surface area contributed by atoms with Gasteiger partial charge in [0, 0.05) is 6.07 Å². The molecule has 2 aromatic carbocycles. The van der Waals surface area contributed by atoms with E-state index in [1.807, 2.05) is 36.4 Å². The molecular formula is C21H26O2. The first-order chi connectivity index (χ1) is 11.2. The van der Waals surface area contributed by atoms with E-state index in [1.165, 1.54) is 31.2 Å². The monoisotopic (exact) mass is 310 g/mol. The highest BCUT2D eigenvalue weighted by Gasteiger charge is 2.15. The molecule has 2 nitrogen and oxygen atoms in total. The SMILES string of the molecule is CC(C)c1ccc(Oc2cccc(OCC3CCCC3)c2)cc1. The first-order valence-corrected chi connectivity index (χ1v) is 8.71. The Morgan fingerprint density at radius 3 is 2.30 bits per heavy atom. The third-order valence-corrected chi connectivity index (χ3v) is 4.55. The molecular weight excluding hydrogens is 284 g/mol. The predicted molar refractivity (Wildman–Crippen MR) is 94.5 cm³/mol. The summed E-state index contributed by atoms with van der Waals surface area (Å²) >= 11 is 0. The summed E-state index contributed by atoms with van der Waals surface area (Å²) in [4.78, 5) is 0. The average molecular weight is 310 g/mol. The average Bonchev–Trinajstić information content (AvgIpc) is 3.07. The van der Waals surface area contributed by atoms with E-state index < -0.39 is 0 Å². The van der Waals surface area contributed by atoms with Crippen molar-refractivity contribution >= 4 is 0 Å². The molecule has 0 heterocycles. The molecule has 0 spiro atoms. The van der Waals surface area contributed by atoms with Crippen LogP contribution in [0.15, 0.2) is 48.5 Å². The molecule has 0 atom stereocenters. The van der Waals surface area contributed by atoms with E-state index in [4.69, 9.17) is 9.47 Å². The summed E-state index contributed by atoms with van der Waals surface area (Å²) in [6.07, 6.45) is 5.31. The Morgan fingerprint density at radius 1 is 0.913 bits per heavy atom. The lowest BCUT2D eigenvalue weighted by atomic mass is 10.0. The molecule has 1 saturated carbocycles. The lowest BCUT2D eigenvalue weighted by molar-refractivity contribution is 0.251. The summed E-state index contributed by atoms with van der Waals surface area (Å²) in [6.45, 7) is 5.22. The third kappa shape index (κ3) is 4.51. The second-order valence-corrected chi connectivity index (χ2v) is 6.76. The van der Waals surface area contributed by atoms with E-state index >= 15 is 0 Å². The molecule has 0 radical (unpaired) electrons. The Kier molecular flexibility index (Phi) is 5.22. The summed E-state index contributed by atoms with van der Waals surface area (Å²) < 4.78 is 11.9. The first kappa shape index (κ1) is 15.9. The summed E-state index contributed by atoms with van der Waals surface area (Å²) in [5.41, 5.74) is 1.32. The normalized spacial score (nSPS) is 15.1. The van der Waals surface area contributed by atoms with E-state index in [0.717, 1.165) is 29.8 Å². The molecule has 1 aliphatic carbocycles. The van der Waals surface area contributed by atoms with Crippen molar-refractivity contribution in [1.29, 1.82) is 0 Å². The van der Waals surface area contributed by atoms with Crippen molar-refractivity contribution in [1.82, 2.24) is 0 Å². The number of hydrogen-bond donors (Lipinski definition) is 0. The van der Waals surface area contributed by atoms with Crippen LogP contribution in [0.5, 0.6) is 17.2 Å². The number of rotatable bonds is 6. The van der Waals surface area contributed by atoms with Crippen LogP contribution in [0.3, 0.4) is 0 Å². The molecule has 1 aliphatic rings. The number of ether oxygens (including phenoxy) is 2. The van der Waals surface area contributed by atoms with Gasteiger partial charge >= 0.3 is 0 Å². The van der Waals surface area contributed by atoms with Gasteiger partial charge in [-0.25, -0.2) is 0 Å². The fourth-order valence-electron chi connectivity index (χ4n) is 3.08. The van der Waals surface area contributed by atoms with Crippen molar-refractivity contribution in [3.8, 4) is 17.2 Å². The second kappa shape index (κ2) is 7.54. The van der Waals surface area contributed by atoms with Gasteiger partial charge in [0.1, 0.15) is 17.2 Å². The minimum Gasteiger partial charge on any atom is -0.493 e. The van der Waals surface area contributed by atoms with Crippen molar-refractivity contribution < 1.29 is 9.47 Å². The fourth-order valence-corrected chi connectivity index (χ4v) is 3.08. The summed E-state index contributed by atoms with van der Waals surface area (Å²) in [7, 11) is 0. The lowest BCUT2D eigenvalue weighted by Crippen LogP contribution is -2.07. The van der Waals surface area contributed by atoms with E-state index in [2.05, 4.69) is 26.0 Å². The highest BCUT2D eigenvalue weighted by atomic mass is 16.5. The van der Waals surface area contributed by atoms with Crippen LogP contribution in [0.1, 0.15) is 51.0 Å². The molecule has 2 heteroatoms. The maximum atomic E-state index is 5.95. The molecule has 0 aromatic heterocycles. The van der Waals surface area contributed by atoms with E-state index in [-0.39, 0.29) is 0 Å². The molecule has 0 amide bonds. The Labute approximate surface area is 139 Å². The smallest absolute Gasteiger partial charge is 0.131 e. The molecule has 1 fully saturated rings. The van der Waals surface area contributed by atoms with Crippen LogP contribution < -0.4 is 9.47 Å². The molecule has 122 valence electrons. The molecule has 0 unspecified atom stereocenters. The molecule has 0 N–H and O–H groups in total. The zero-order valence-electron chi connectivity index (χ0n) is 14.1. The van der Waals surface area contributed by atoms with Crippen LogP contribution in [0.4, 0.5) is 0 Å². The molecule has 0 saturated heterocycles. The van der Waals surface area contributed by atoms with Gasteiger partial charge in [0.05, 0.1) is 6.61 Å². The van der Waals surface area contributed by atoms with Crippen LogP contribution in [0.2, 0.25) is 0 Å². The minimum absolute atomic E-state index is 0.538. The Morgan fingerprint density at radius 2 is 1.61 bits per heavy atom. The number of benzene rings is 2. The Balaban J connectivity index is 1.60. The van der Waals surface area contributed by atoms with Gasteiger partial charge in [-0.3, -0.25) is 0 Å². The van der Waals surface area contributed by atoms with Gasteiger partial charge in [0.2, 0.25) is 0 Å². The van der Waals surface area contributed by atoms with Crippen molar-refractivity contribution in [2.45, 2.75) is 45.4 Å². The van der Waals surface area contributed by atoms with Gasteiger partial charge in [0.25, 0.3) is 0 Å². The lowest BCUT2D eigenvalue weighted by Gasteiger charge is -2.13. The van der Waals surface area contributed by atoms with Gasteiger partial charge < -0.3 is 9.47 Å². The van der Waals surface area contributed by atoms with Crippen molar-refractivity contribution in [3.05, 3.63) is 54.1 Å². The molecule has 23 heavy (non-hydrogen) atoms. The Hall–Kier alpha value is -1.96. The summed E-state index contributed by atoms with van der Waals surface area (Å²) in [5.74, 6) is 3.85. The Bertz CT molecular complexity index is 610. The van der Waals surface area contributed by atoms with Gasteiger partial charge in [0.15, 0.2) is 0 Å². The summed E-state index contributed by atoms with van der Waals surface area (Å²) in [5, 5.41) is 0. The maximum absolute atomic E-state index is 5.95. The van der Waals surface area contributed by atoms with Crippen molar-refractivity contribution in [2.75, 3.05) is 6.61 Å². The quantitative estimate of drug-likeness (QED) is 0.635. The van der Waals surface area contributed by atoms with E-state index in [9.17, 15) is 0 Å². The zero-order chi connectivity index (χ0) is 16.1. The highest BCUT2D eigenvalue weighted by Crippen LogP contribution is 2.29. The van der Waals surface area contributed by atoms with E-state index in [1.54, 1.807) is 0 Å². The van der Waals surface area contributed by atoms with E-state index in [0.29, 0.717) is 5.92 Å². The maximum Gasteiger partial charge on any atom is 0.131 e. The summed E-state index contributed by atoms with van der Waals surface area (Å²) in [6, 6.07) is 16.2. The molecule has 0 bridgehead atoms. The topological polar surface area (TPSA) is 18.5 Å². The second-order valence-electron chi connectivity index (χ2n) is 6.76. The van der Waals surface area contributed by atoms with Crippen LogP contribution in [-0.2, 0) is 0 Å². The zero-order valence-corrected chi connectivity index (χ0v) is 14.1. The standard InChI is InChI=1S/C21H26O2/c1-16(2)18-10-12-19(13-11-18)23-21-9-5-8-20(14-21)22-15-17-6-3-4-7-17/h5,8-14,16-17H,3-4,6-7,15H2,1-2H3. The van der Waals surface area contributed by atoms with Gasteiger partial charge in [-0.1, -0.05) is 44.9 Å². The van der Waals surface area contributed by atoms with Gasteiger partial charge in [-0.05, 0) is 54.5 Å². The fraction of sp³-hybridized carbons (Fsp3) is 0.429. The third-order valence-electron chi connectivity index (χ3n) is 4.55. The van der Waals surface area contributed by atoms with Crippen molar-refractivity contribution in [3.63, 3.8) is 0 Å². The molecule has 3 rings (SSSR count). The highest BCUT2D eigenvalue weighted by molar-refractivity contribution is 5.38.